The topological polar surface area (TPSA) is 0 Å². The molecule has 0 bridgehead atoms. The van der Waals surface area contributed by atoms with E-state index in [9.17, 15) is 0 Å². The Labute approximate surface area is 118 Å². The molecule has 3 heteroatoms. The Morgan fingerprint density at radius 1 is 1.29 bits per heavy atom. The average Bonchev–Trinajstić information content (AvgIpc) is 2.54. The first-order valence-corrected chi connectivity index (χ1v) is 8.20. The molecule has 1 aromatic rings. The van der Waals surface area contributed by atoms with Crippen molar-refractivity contribution in [2.24, 2.45) is 5.92 Å². The fourth-order valence-electron chi connectivity index (χ4n) is 2.65. The molecule has 0 nitrogen and oxygen atoms in total. The monoisotopic (exact) mass is 290 g/mol. The largest absolute Gasteiger partial charge is 0.127 e. The summed E-state index contributed by atoms with van der Waals surface area (Å²) in [6.07, 6.45) is 9.44. The first kappa shape index (κ1) is 13.7. The summed E-state index contributed by atoms with van der Waals surface area (Å²) in [6.45, 7) is 2.05. The lowest BCUT2D eigenvalue weighted by Gasteiger charge is -2.16. The molecule has 1 unspecified atom stereocenters. The second-order valence-electron chi connectivity index (χ2n) is 5.17. The molecule has 2 rings (SSSR count). The fraction of sp³-hybridized carbons (Fsp3) is 0.714. The van der Waals surface area contributed by atoms with Gasteiger partial charge in [-0.15, -0.1) is 22.9 Å². The molecule has 1 fully saturated rings. The van der Waals surface area contributed by atoms with E-state index in [1.165, 1.54) is 43.4 Å². The van der Waals surface area contributed by atoms with Crippen LogP contribution < -0.4 is 0 Å². The predicted octanol–water partition coefficient (Wildman–Crippen LogP) is 6.35. The molecular weight excluding hydrogens is 271 g/mol. The first-order valence-electron chi connectivity index (χ1n) is 6.56. The summed E-state index contributed by atoms with van der Waals surface area (Å²) in [7, 11) is 0. The standard InChI is InChI=1S/C14H20Cl2S/c1-10-8-13(17-14(10)16)12(15)9-11-6-4-2-3-5-7-11/h8,11-12H,2-7,9H2,1H3. The van der Waals surface area contributed by atoms with Crippen LogP contribution in [0.25, 0.3) is 0 Å². The van der Waals surface area contributed by atoms with Crippen LogP contribution in [0.3, 0.4) is 0 Å². The lowest BCUT2D eigenvalue weighted by atomic mass is 9.94. The van der Waals surface area contributed by atoms with Gasteiger partial charge in [-0.25, -0.2) is 0 Å². The molecule has 96 valence electrons. The van der Waals surface area contributed by atoms with Crippen molar-refractivity contribution < 1.29 is 0 Å². The van der Waals surface area contributed by atoms with Crippen LogP contribution in [0.2, 0.25) is 4.34 Å². The van der Waals surface area contributed by atoms with Crippen molar-refractivity contribution >= 4 is 34.5 Å². The van der Waals surface area contributed by atoms with E-state index in [2.05, 4.69) is 13.0 Å². The molecule has 17 heavy (non-hydrogen) atoms. The fourth-order valence-corrected chi connectivity index (χ4v) is 4.30. The number of aryl methyl sites for hydroxylation is 1. The summed E-state index contributed by atoms with van der Waals surface area (Å²) in [5.41, 5.74) is 1.16. The summed E-state index contributed by atoms with van der Waals surface area (Å²) in [6, 6.07) is 2.15. The van der Waals surface area contributed by atoms with Crippen LogP contribution in [0.1, 0.15) is 60.8 Å². The minimum Gasteiger partial charge on any atom is -0.127 e. The van der Waals surface area contributed by atoms with E-state index in [4.69, 9.17) is 23.2 Å². The van der Waals surface area contributed by atoms with Crippen LogP contribution in [0.4, 0.5) is 0 Å². The van der Waals surface area contributed by atoms with Gasteiger partial charge in [0.1, 0.15) is 0 Å². The van der Waals surface area contributed by atoms with E-state index in [1.807, 2.05) is 0 Å². The van der Waals surface area contributed by atoms with Crippen molar-refractivity contribution in [1.82, 2.24) is 0 Å². The van der Waals surface area contributed by atoms with Gasteiger partial charge in [-0.2, -0.15) is 0 Å². The molecule has 1 aromatic heterocycles. The van der Waals surface area contributed by atoms with Gasteiger partial charge in [0.25, 0.3) is 0 Å². The van der Waals surface area contributed by atoms with Crippen LogP contribution in [-0.4, -0.2) is 0 Å². The highest BCUT2D eigenvalue weighted by atomic mass is 35.5. The third-order valence-electron chi connectivity index (χ3n) is 3.70. The molecule has 0 spiro atoms. The third-order valence-corrected chi connectivity index (χ3v) is 5.91. The Morgan fingerprint density at radius 2 is 1.94 bits per heavy atom. The molecule has 0 aliphatic heterocycles. The molecule has 1 saturated carbocycles. The van der Waals surface area contributed by atoms with Crippen molar-refractivity contribution in [2.75, 3.05) is 0 Å². The van der Waals surface area contributed by atoms with E-state index in [0.717, 1.165) is 22.2 Å². The Kier molecular flexibility index (Phi) is 5.20. The molecule has 0 saturated heterocycles. The van der Waals surface area contributed by atoms with Crippen molar-refractivity contribution in [2.45, 2.75) is 57.2 Å². The highest BCUT2D eigenvalue weighted by molar-refractivity contribution is 7.16. The minimum atomic E-state index is 0.161. The maximum atomic E-state index is 6.53. The number of thiophene rings is 1. The molecule has 0 radical (unpaired) electrons. The Morgan fingerprint density at radius 3 is 2.47 bits per heavy atom. The Bertz CT molecular complexity index is 332. The van der Waals surface area contributed by atoms with Gasteiger partial charge in [-0.1, -0.05) is 50.1 Å². The molecule has 1 heterocycles. The molecule has 0 amide bonds. The molecular formula is C14H20Cl2S. The van der Waals surface area contributed by atoms with Crippen molar-refractivity contribution in [1.29, 1.82) is 0 Å². The lowest BCUT2D eigenvalue weighted by molar-refractivity contribution is 0.424. The number of alkyl halides is 1. The van der Waals surface area contributed by atoms with Crippen molar-refractivity contribution in [3.63, 3.8) is 0 Å². The Hall–Kier alpha value is 0.280. The molecule has 0 aromatic carbocycles. The number of hydrogen-bond acceptors (Lipinski definition) is 1. The van der Waals surface area contributed by atoms with Gasteiger partial charge in [0.2, 0.25) is 0 Å². The quantitative estimate of drug-likeness (QED) is 0.449. The van der Waals surface area contributed by atoms with Gasteiger partial charge >= 0.3 is 0 Å². The van der Waals surface area contributed by atoms with Crippen LogP contribution >= 0.6 is 34.5 Å². The van der Waals surface area contributed by atoms with E-state index >= 15 is 0 Å². The van der Waals surface area contributed by atoms with Gasteiger partial charge in [-0.3, -0.25) is 0 Å². The third kappa shape index (κ3) is 3.87. The summed E-state index contributed by atoms with van der Waals surface area (Å²) in [5, 5.41) is 0.161. The van der Waals surface area contributed by atoms with Gasteiger partial charge in [0.15, 0.2) is 0 Å². The smallest absolute Gasteiger partial charge is 0.0960 e. The van der Waals surface area contributed by atoms with E-state index in [1.54, 1.807) is 11.3 Å². The highest BCUT2D eigenvalue weighted by Crippen LogP contribution is 2.39. The zero-order valence-electron chi connectivity index (χ0n) is 10.3. The van der Waals surface area contributed by atoms with E-state index in [-0.39, 0.29) is 5.38 Å². The van der Waals surface area contributed by atoms with Gasteiger partial charge in [-0.05, 0) is 30.9 Å². The summed E-state index contributed by atoms with van der Waals surface area (Å²) in [4.78, 5) is 1.25. The van der Waals surface area contributed by atoms with Gasteiger partial charge in [0, 0.05) is 4.88 Å². The molecule has 1 atom stereocenters. The van der Waals surface area contributed by atoms with Crippen LogP contribution in [0.15, 0.2) is 6.07 Å². The normalized spacial score (nSPS) is 20.2. The van der Waals surface area contributed by atoms with Crippen molar-refractivity contribution in [3.8, 4) is 0 Å². The van der Waals surface area contributed by atoms with Crippen LogP contribution in [0, 0.1) is 12.8 Å². The molecule has 1 aliphatic carbocycles. The zero-order valence-corrected chi connectivity index (χ0v) is 12.7. The van der Waals surface area contributed by atoms with Gasteiger partial charge in [0.05, 0.1) is 9.71 Å². The van der Waals surface area contributed by atoms with E-state index < -0.39 is 0 Å². The summed E-state index contributed by atoms with van der Waals surface area (Å²) >= 11 is 14.3. The lowest BCUT2D eigenvalue weighted by Crippen LogP contribution is -2.02. The number of rotatable bonds is 3. The second kappa shape index (κ2) is 6.45. The van der Waals surface area contributed by atoms with Crippen LogP contribution in [0.5, 0.6) is 0 Å². The molecule has 0 N–H and O–H groups in total. The maximum absolute atomic E-state index is 6.53. The van der Waals surface area contributed by atoms with Crippen LogP contribution in [-0.2, 0) is 0 Å². The minimum absolute atomic E-state index is 0.161. The Balaban J connectivity index is 1.93. The van der Waals surface area contributed by atoms with E-state index in [0.29, 0.717) is 0 Å². The number of halogens is 2. The second-order valence-corrected chi connectivity index (χ2v) is 7.38. The number of hydrogen-bond donors (Lipinski definition) is 0. The van der Waals surface area contributed by atoms with Crippen molar-refractivity contribution in [3.05, 3.63) is 20.8 Å². The first-order chi connectivity index (χ1) is 8.16. The zero-order chi connectivity index (χ0) is 12.3. The highest BCUT2D eigenvalue weighted by Gasteiger charge is 2.19. The summed E-state index contributed by atoms with van der Waals surface area (Å²) in [5.74, 6) is 0.821. The predicted molar refractivity (Wildman–Crippen MR) is 78.5 cm³/mol. The van der Waals surface area contributed by atoms with Gasteiger partial charge < -0.3 is 0 Å². The molecule has 1 aliphatic rings. The maximum Gasteiger partial charge on any atom is 0.0960 e. The SMILES string of the molecule is Cc1cc(C(Cl)CC2CCCCCC2)sc1Cl. The average molecular weight is 291 g/mol. The summed E-state index contributed by atoms with van der Waals surface area (Å²) < 4.78 is 0.895.